The number of benzene rings is 1. The molecule has 0 spiro atoms. The maximum atomic E-state index is 6.23. The second kappa shape index (κ2) is 6.93. The van der Waals surface area contributed by atoms with Gasteiger partial charge in [-0.05, 0) is 56.9 Å². The van der Waals surface area contributed by atoms with Crippen LogP contribution in [0.5, 0.6) is 0 Å². The fraction of sp³-hybridized carbons (Fsp3) is 0.647. The number of ether oxygens (including phenoxy) is 1. The van der Waals surface area contributed by atoms with E-state index in [0.29, 0.717) is 24.5 Å². The zero-order valence-corrected chi connectivity index (χ0v) is 13.3. The van der Waals surface area contributed by atoms with Crippen LogP contribution in [0.25, 0.3) is 0 Å². The first-order valence-corrected chi connectivity index (χ1v) is 7.98. The fourth-order valence-electron chi connectivity index (χ4n) is 3.09. The van der Waals surface area contributed by atoms with Crippen molar-refractivity contribution in [3.63, 3.8) is 0 Å². The predicted octanol–water partition coefficient (Wildman–Crippen LogP) is 4.31. The van der Waals surface area contributed by atoms with E-state index in [1.807, 2.05) is 13.0 Å². The van der Waals surface area contributed by atoms with E-state index < -0.39 is 5.00 Å². The summed E-state index contributed by atoms with van der Waals surface area (Å²) < 4.78 is 6.02. The molecule has 1 saturated carbocycles. The Bertz CT molecular complexity index is 393. The Morgan fingerprint density at radius 1 is 1.25 bits per heavy atom. The molecule has 0 saturated heterocycles. The van der Waals surface area contributed by atoms with E-state index in [4.69, 9.17) is 22.1 Å². The van der Waals surface area contributed by atoms with Crippen LogP contribution >= 0.6 is 11.6 Å². The van der Waals surface area contributed by atoms with Crippen LogP contribution in [-0.4, -0.2) is 11.1 Å². The second-order valence-electron chi connectivity index (χ2n) is 6.26. The van der Waals surface area contributed by atoms with Gasteiger partial charge < -0.3 is 10.5 Å². The molecule has 2 atom stereocenters. The van der Waals surface area contributed by atoms with E-state index in [0.717, 1.165) is 12.8 Å². The van der Waals surface area contributed by atoms with Crippen molar-refractivity contribution >= 4 is 11.6 Å². The summed E-state index contributed by atoms with van der Waals surface area (Å²) in [6, 6.07) is 10.4. The molecule has 0 radical (unpaired) electrons. The van der Waals surface area contributed by atoms with Crippen LogP contribution in [0.4, 0.5) is 0 Å². The third kappa shape index (κ3) is 4.47. The number of alkyl halides is 1. The largest absolute Gasteiger partial charge is 0.374 e. The van der Waals surface area contributed by atoms with Gasteiger partial charge in [-0.1, -0.05) is 30.3 Å². The number of nitrogens with two attached hydrogens (primary N) is 1. The van der Waals surface area contributed by atoms with Crippen molar-refractivity contribution in [3.05, 3.63) is 35.9 Å². The molecule has 0 amide bonds. The molecule has 1 aliphatic rings. The van der Waals surface area contributed by atoms with E-state index in [-0.39, 0.29) is 0 Å². The highest BCUT2D eigenvalue weighted by Gasteiger charge is 2.33. The van der Waals surface area contributed by atoms with Crippen LogP contribution in [-0.2, 0) is 11.3 Å². The maximum Gasteiger partial charge on any atom is 0.0910 e. The summed E-state index contributed by atoms with van der Waals surface area (Å²) in [5.74, 6) is 1.07. The van der Waals surface area contributed by atoms with Crippen LogP contribution < -0.4 is 5.73 Å². The van der Waals surface area contributed by atoms with Crippen molar-refractivity contribution < 1.29 is 4.74 Å². The SMILES string of the molecule is CC(OCc1ccccc1)C1CCC(C(C)(N)Cl)CC1. The first-order valence-electron chi connectivity index (χ1n) is 7.60. The van der Waals surface area contributed by atoms with Gasteiger partial charge in [-0.25, -0.2) is 0 Å². The van der Waals surface area contributed by atoms with Gasteiger partial charge in [0.1, 0.15) is 0 Å². The summed E-state index contributed by atoms with van der Waals surface area (Å²) in [4.78, 5) is -0.556. The summed E-state index contributed by atoms with van der Waals surface area (Å²) in [6.45, 7) is 4.82. The lowest BCUT2D eigenvalue weighted by Gasteiger charge is -2.37. The molecule has 3 heteroatoms. The van der Waals surface area contributed by atoms with Crippen LogP contribution in [0, 0.1) is 11.8 Å². The van der Waals surface area contributed by atoms with Gasteiger partial charge in [-0.3, -0.25) is 0 Å². The van der Waals surface area contributed by atoms with Crippen molar-refractivity contribution in [1.82, 2.24) is 0 Å². The molecule has 2 N–H and O–H groups in total. The molecule has 2 unspecified atom stereocenters. The highest BCUT2D eigenvalue weighted by Crippen LogP contribution is 2.38. The van der Waals surface area contributed by atoms with E-state index in [1.165, 1.54) is 18.4 Å². The Hall–Kier alpha value is -0.570. The van der Waals surface area contributed by atoms with Gasteiger partial charge in [0.2, 0.25) is 0 Å². The van der Waals surface area contributed by atoms with Gasteiger partial charge >= 0.3 is 0 Å². The Morgan fingerprint density at radius 3 is 2.40 bits per heavy atom. The minimum atomic E-state index is -0.556. The first-order chi connectivity index (χ1) is 9.47. The molecule has 1 aromatic rings. The van der Waals surface area contributed by atoms with Crippen LogP contribution in [0.15, 0.2) is 30.3 Å². The van der Waals surface area contributed by atoms with Crippen molar-refractivity contribution in [2.45, 2.75) is 57.2 Å². The van der Waals surface area contributed by atoms with Gasteiger partial charge in [0.15, 0.2) is 0 Å². The molecule has 2 nitrogen and oxygen atoms in total. The molecule has 1 fully saturated rings. The minimum Gasteiger partial charge on any atom is -0.374 e. The topological polar surface area (TPSA) is 35.2 Å². The Morgan fingerprint density at radius 2 is 1.85 bits per heavy atom. The normalized spacial score (nSPS) is 27.8. The Labute approximate surface area is 127 Å². The third-order valence-electron chi connectivity index (χ3n) is 4.59. The molecule has 0 aromatic heterocycles. The fourth-order valence-corrected chi connectivity index (χ4v) is 3.31. The van der Waals surface area contributed by atoms with Gasteiger partial charge in [0.05, 0.1) is 17.7 Å². The molecule has 1 aromatic carbocycles. The third-order valence-corrected chi connectivity index (χ3v) is 4.90. The zero-order valence-electron chi connectivity index (χ0n) is 12.5. The smallest absolute Gasteiger partial charge is 0.0910 e. The lowest BCUT2D eigenvalue weighted by Crippen LogP contribution is -2.41. The zero-order chi connectivity index (χ0) is 14.6. The Balaban J connectivity index is 1.76. The van der Waals surface area contributed by atoms with E-state index in [2.05, 4.69) is 31.2 Å². The summed E-state index contributed by atoms with van der Waals surface area (Å²) in [7, 11) is 0. The summed E-state index contributed by atoms with van der Waals surface area (Å²) in [6.07, 6.45) is 4.86. The lowest BCUT2D eigenvalue weighted by atomic mass is 9.77. The molecule has 0 aliphatic heterocycles. The van der Waals surface area contributed by atoms with Crippen molar-refractivity contribution in [1.29, 1.82) is 0 Å². The molecule has 112 valence electrons. The number of hydrogen-bond donors (Lipinski definition) is 1. The quantitative estimate of drug-likeness (QED) is 0.649. The van der Waals surface area contributed by atoms with Crippen LogP contribution in [0.1, 0.15) is 45.1 Å². The van der Waals surface area contributed by atoms with E-state index in [9.17, 15) is 0 Å². The summed E-state index contributed by atoms with van der Waals surface area (Å²) in [5, 5.41) is 0. The van der Waals surface area contributed by atoms with Gasteiger partial charge in [0, 0.05) is 0 Å². The average molecular weight is 296 g/mol. The van der Waals surface area contributed by atoms with Crippen LogP contribution in [0.2, 0.25) is 0 Å². The number of halogens is 1. The van der Waals surface area contributed by atoms with Crippen molar-refractivity contribution in [2.24, 2.45) is 17.6 Å². The molecule has 20 heavy (non-hydrogen) atoms. The molecular weight excluding hydrogens is 270 g/mol. The number of hydrogen-bond acceptors (Lipinski definition) is 2. The second-order valence-corrected chi connectivity index (χ2v) is 7.08. The molecule has 0 heterocycles. The average Bonchev–Trinajstić information content (AvgIpc) is 2.45. The Kier molecular flexibility index (Phi) is 5.48. The highest BCUT2D eigenvalue weighted by molar-refractivity contribution is 6.23. The van der Waals surface area contributed by atoms with E-state index >= 15 is 0 Å². The van der Waals surface area contributed by atoms with Crippen molar-refractivity contribution in [2.75, 3.05) is 0 Å². The maximum absolute atomic E-state index is 6.23. The predicted molar refractivity (Wildman–Crippen MR) is 84.6 cm³/mol. The monoisotopic (exact) mass is 295 g/mol. The van der Waals surface area contributed by atoms with Gasteiger partial charge in [0.25, 0.3) is 0 Å². The molecule has 1 aliphatic carbocycles. The van der Waals surface area contributed by atoms with Crippen molar-refractivity contribution in [3.8, 4) is 0 Å². The molecular formula is C17H26ClNO. The molecule has 0 bridgehead atoms. The van der Waals surface area contributed by atoms with Gasteiger partial charge in [-0.2, -0.15) is 0 Å². The first kappa shape index (κ1) is 15.8. The van der Waals surface area contributed by atoms with Gasteiger partial charge in [-0.15, -0.1) is 11.6 Å². The lowest BCUT2D eigenvalue weighted by molar-refractivity contribution is -0.00456. The summed E-state index contributed by atoms with van der Waals surface area (Å²) in [5.41, 5.74) is 7.24. The standard InChI is InChI=1S/C17H26ClNO/c1-13(20-12-14-6-4-3-5-7-14)15-8-10-16(11-9-15)17(2,18)19/h3-7,13,15-16H,8-12,19H2,1-2H3. The highest BCUT2D eigenvalue weighted by atomic mass is 35.5. The number of rotatable bonds is 5. The van der Waals surface area contributed by atoms with E-state index in [1.54, 1.807) is 0 Å². The van der Waals surface area contributed by atoms with Crippen LogP contribution in [0.3, 0.4) is 0 Å². The molecule has 2 rings (SSSR count). The summed E-state index contributed by atoms with van der Waals surface area (Å²) >= 11 is 6.23. The minimum absolute atomic E-state index is 0.301.